The maximum Gasteiger partial charge on any atom is 0.362 e. The molecule has 1 aliphatic heterocycles. The van der Waals surface area contributed by atoms with Gasteiger partial charge in [-0.25, -0.2) is 4.79 Å². The van der Waals surface area contributed by atoms with Crippen molar-refractivity contribution in [3.8, 4) is 0 Å². The molecule has 4 heteroatoms. The van der Waals surface area contributed by atoms with Gasteiger partial charge in [-0.2, -0.15) is 0 Å². The third-order valence-electron chi connectivity index (χ3n) is 6.25. The molecular formula is C21H40INO2. The average Bonchev–Trinajstić information content (AvgIpc) is 2.58. The minimum atomic E-state index is 0. The van der Waals surface area contributed by atoms with Crippen LogP contribution in [0.3, 0.4) is 0 Å². The Balaban J connectivity index is 0.00000312. The molecular weight excluding hydrogens is 425 g/mol. The van der Waals surface area contributed by atoms with Crippen molar-refractivity contribution in [2.24, 2.45) is 0 Å². The molecule has 1 aliphatic carbocycles. The third kappa shape index (κ3) is 9.07. The summed E-state index contributed by atoms with van der Waals surface area (Å²) >= 11 is 0. The molecule has 0 unspecified atom stereocenters. The zero-order chi connectivity index (χ0) is 17.1. The van der Waals surface area contributed by atoms with Gasteiger partial charge in [-0.3, -0.25) is 0 Å². The lowest BCUT2D eigenvalue weighted by Gasteiger charge is -2.40. The van der Waals surface area contributed by atoms with Crippen LogP contribution >= 0.6 is 0 Å². The zero-order valence-corrected chi connectivity index (χ0v) is 18.6. The summed E-state index contributed by atoms with van der Waals surface area (Å²) in [6.45, 7) is 6.23. The summed E-state index contributed by atoms with van der Waals surface area (Å²) in [4.78, 5) is 12.6. The fourth-order valence-electron chi connectivity index (χ4n) is 4.51. The number of rotatable bonds is 4. The molecule has 0 aromatic heterocycles. The van der Waals surface area contributed by atoms with Gasteiger partial charge in [0.1, 0.15) is 6.10 Å². The number of carbonyl (C=O) groups is 1. The monoisotopic (exact) mass is 465 g/mol. The first-order valence-corrected chi connectivity index (χ1v) is 10.8. The molecule has 0 aromatic rings. The standard InChI is InChI=1S/C21H40NO2.HI/c1-2-22(17-13-10-14-18-22)19-21(23)24-20-15-11-8-6-4-3-5-7-9-12-16-20;/h20H,2-19H2,1H3;1H/q+1;/p-1. The van der Waals surface area contributed by atoms with E-state index >= 15 is 0 Å². The molecule has 0 bridgehead atoms. The number of hydrogen-bond donors (Lipinski definition) is 0. The van der Waals surface area contributed by atoms with E-state index in [-0.39, 0.29) is 36.0 Å². The molecule has 2 fully saturated rings. The Bertz CT molecular complexity index is 344. The van der Waals surface area contributed by atoms with Crippen LogP contribution in [-0.2, 0) is 9.53 Å². The van der Waals surface area contributed by atoms with E-state index < -0.39 is 0 Å². The molecule has 2 rings (SSSR count). The van der Waals surface area contributed by atoms with Crippen LogP contribution in [0.4, 0.5) is 0 Å². The van der Waals surface area contributed by atoms with Crippen LogP contribution in [0.15, 0.2) is 0 Å². The van der Waals surface area contributed by atoms with Crippen molar-refractivity contribution < 1.29 is 38.0 Å². The van der Waals surface area contributed by atoms with Crippen molar-refractivity contribution in [1.82, 2.24) is 0 Å². The van der Waals surface area contributed by atoms with Crippen LogP contribution in [0.2, 0.25) is 0 Å². The lowest BCUT2D eigenvalue weighted by atomic mass is 9.99. The first-order valence-electron chi connectivity index (χ1n) is 10.8. The minimum Gasteiger partial charge on any atom is -1.00 e. The second-order valence-corrected chi connectivity index (χ2v) is 8.20. The molecule has 2 aliphatic rings. The van der Waals surface area contributed by atoms with E-state index in [9.17, 15) is 4.79 Å². The van der Waals surface area contributed by atoms with Crippen LogP contribution in [-0.4, -0.2) is 42.7 Å². The summed E-state index contributed by atoms with van der Waals surface area (Å²) in [5, 5.41) is 0. The molecule has 0 spiro atoms. The summed E-state index contributed by atoms with van der Waals surface area (Å²) in [5.41, 5.74) is 0. The predicted octanol–water partition coefficient (Wildman–Crippen LogP) is 2.23. The Labute approximate surface area is 172 Å². The Morgan fingerprint density at radius 3 is 1.72 bits per heavy atom. The molecule has 0 N–H and O–H groups in total. The van der Waals surface area contributed by atoms with Crippen LogP contribution in [0.1, 0.15) is 96.8 Å². The Kier molecular flexibility index (Phi) is 12.4. The van der Waals surface area contributed by atoms with Gasteiger partial charge in [-0.1, -0.05) is 44.9 Å². The summed E-state index contributed by atoms with van der Waals surface area (Å²) in [6, 6.07) is 0. The number of ether oxygens (including phenoxy) is 1. The molecule has 0 aromatic carbocycles. The predicted molar refractivity (Wildman–Crippen MR) is 99.9 cm³/mol. The number of piperidine rings is 1. The lowest BCUT2D eigenvalue weighted by molar-refractivity contribution is -0.924. The van der Waals surface area contributed by atoms with Crippen LogP contribution < -0.4 is 24.0 Å². The van der Waals surface area contributed by atoms with Crippen molar-refractivity contribution in [2.45, 2.75) is 103 Å². The summed E-state index contributed by atoms with van der Waals surface area (Å²) in [7, 11) is 0. The fraction of sp³-hybridized carbons (Fsp3) is 0.952. The van der Waals surface area contributed by atoms with Crippen LogP contribution in [0.5, 0.6) is 0 Å². The van der Waals surface area contributed by atoms with E-state index in [1.165, 1.54) is 77.0 Å². The van der Waals surface area contributed by atoms with Gasteiger partial charge in [-0.15, -0.1) is 0 Å². The second kappa shape index (κ2) is 13.3. The SMILES string of the molecule is CC[N+]1(CC(=O)OC2CCCCCCCCCCC2)CCCCC1.[I-]. The number of likely N-dealkylation sites (N-methyl/N-ethyl adjacent to an activating group) is 1. The topological polar surface area (TPSA) is 26.3 Å². The molecule has 3 nitrogen and oxygen atoms in total. The van der Waals surface area contributed by atoms with Gasteiger partial charge in [0, 0.05) is 0 Å². The van der Waals surface area contributed by atoms with Crippen molar-refractivity contribution in [2.75, 3.05) is 26.2 Å². The number of quaternary nitrogens is 1. The summed E-state index contributed by atoms with van der Waals surface area (Å²) < 4.78 is 6.93. The number of carbonyl (C=O) groups excluding carboxylic acids is 1. The summed E-state index contributed by atoms with van der Waals surface area (Å²) in [6.07, 6.45) is 18.2. The number of hydrogen-bond acceptors (Lipinski definition) is 2. The normalized spacial score (nSPS) is 23.6. The lowest BCUT2D eigenvalue weighted by Crippen LogP contribution is -3.00. The smallest absolute Gasteiger partial charge is 0.362 e. The van der Waals surface area contributed by atoms with E-state index in [4.69, 9.17) is 4.74 Å². The van der Waals surface area contributed by atoms with Gasteiger partial charge in [-0.05, 0) is 51.9 Å². The molecule has 1 saturated heterocycles. The van der Waals surface area contributed by atoms with Gasteiger partial charge < -0.3 is 33.2 Å². The largest absolute Gasteiger partial charge is 1.00 e. The summed E-state index contributed by atoms with van der Waals surface area (Å²) in [5.74, 6) is 0.0656. The van der Waals surface area contributed by atoms with E-state index in [2.05, 4.69) is 6.92 Å². The third-order valence-corrected chi connectivity index (χ3v) is 6.25. The Hall–Kier alpha value is 0.160. The van der Waals surface area contributed by atoms with Crippen LogP contribution in [0.25, 0.3) is 0 Å². The van der Waals surface area contributed by atoms with Gasteiger partial charge in [0.05, 0.1) is 19.6 Å². The zero-order valence-electron chi connectivity index (χ0n) is 16.4. The minimum absolute atomic E-state index is 0. The van der Waals surface area contributed by atoms with Crippen molar-refractivity contribution >= 4 is 5.97 Å². The Morgan fingerprint density at radius 1 is 0.800 bits per heavy atom. The van der Waals surface area contributed by atoms with E-state index in [1.807, 2.05) is 0 Å². The molecule has 148 valence electrons. The molecule has 0 atom stereocenters. The fourth-order valence-corrected chi connectivity index (χ4v) is 4.51. The quantitative estimate of drug-likeness (QED) is 0.362. The maximum atomic E-state index is 12.6. The van der Waals surface area contributed by atoms with Gasteiger partial charge in [0.25, 0.3) is 0 Å². The molecule has 0 radical (unpaired) electrons. The highest BCUT2D eigenvalue weighted by Crippen LogP contribution is 2.21. The number of esters is 1. The van der Waals surface area contributed by atoms with E-state index in [0.717, 1.165) is 37.0 Å². The number of nitrogens with zero attached hydrogens (tertiary/aromatic N) is 1. The van der Waals surface area contributed by atoms with Crippen molar-refractivity contribution in [3.05, 3.63) is 0 Å². The van der Waals surface area contributed by atoms with E-state index in [0.29, 0.717) is 6.54 Å². The molecule has 25 heavy (non-hydrogen) atoms. The average molecular weight is 465 g/mol. The molecule has 1 saturated carbocycles. The van der Waals surface area contributed by atoms with Gasteiger partial charge in [0.2, 0.25) is 0 Å². The number of halogens is 1. The van der Waals surface area contributed by atoms with Crippen molar-refractivity contribution in [1.29, 1.82) is 0 Å². The highest BCUT2D eigenvalue weighted by atomic mass is 127. The van der Waals surface area contributed by atoms with Gasteiger partial charge >= 0.3 is 5.97 Å². The second-order valence-electron chi connectivity index (χ2n) is 8.20. The van der Waals surface area contributed by atoms with Crippen molar-refractivity contribution in [3.63, 3.8) is 0 Å². The first-order chi connectivity index (χ1) is 11.7. The molecule has 0 amide bonds. The Morgan fingerprint density at radius 2 is 1.24 bits per heavy atom. The highest BCUT2D eigenvalue weighted by Gasteiger charge is 2.32. The first kappa shape index (κ1) is 23.2. The molecule has 1 heterocycles. The van der Waals surface area contributed by atoms with Gasteiger partial charge in [0.15, 0.2) is 6.54 Å². The number of likely N-dealkylation sites (tertiary alicyclic amines) is 1. The highest BCUT2D eigenvalue weighted by molar-refractivity contribution is 5.70. The van der Waals surface area contributed by atoms with Crippen LogP contribution in [0, 0.1) is 0 Å². The van der Waals surface area contributed by atoms with E-state index in [1.54, 1.807) is 0 Å². The maximum absolute atomic E-state index is 12.6.